The third-order valence-corrected chi connectivity index (χ3v) is 5.37. The molecule has 4 rings (SSSR count). The quantitative estimate of drug-likeness (QED) is 0.334. The van der Waals surface area contributed by atoms with E-state index in [1.807, 2.05) is 6.92 Å². The molecule has 0 saturated carbocycles. The molecule has 0 N–H and O–H groups in total. The van der Waals surface area contributed by atoms with Crippen molar-refractivity contribution >= 4 is 59.7 Å². The molecule has 1 unspecified atom stereocenters. The summed E-state index contributed by atoms with van der Waals surface area (Å²) in [4.78, 5) is -0.454. The predicted molar refractivity (Wildman–Crippen MR) is 106 cm³/mol. The van der Waals surface area contributed by atoms with Crippen LogP contribution in [-0.2, 0) is 26.2 Å². The molecular formula is C19H19Cl4Zr-. The number of aryl methyl sites for hydroxylation is 1. The molecule has 0 aromatic heterocycles. The fourth-order valence-corrected chi connectivity index (χ4v) is 3.10. The van der Waals surface area contributed by atoms with Crippen LogP contribution in [0.4, 0.5) is 0 Å². The van der Waals surface area contributed by atoms with Gasteiger partial charge in [-0.2, -0.15) is 16.9 Å². The van der Waals surface area contributed by atoms with E-state index in [0.717, 1.165) is 5.22 Å². The van der Waals surface area contributed by atoms with E-state index >= 15 is 0 Å². The van der Waals surface area contributed by atoms with Crippen LogP contribution in [-0.4, -0.2) is 4.84 Å². The topological polar surface area (TPSA) is 0 Å². The molecule has 0 amide bonds. The van der Waals surface area contributed by atoms with E-state index in [2.05, 4.69) is 62.4 Å². The Morgan fingerprint density at radius 2 is 1.42 bits per heavy atom. The second kappa shape index (κ2) is 9.24. The monoisotopic (exact) mass is 477 g/mol. The smallest absolute Gasteiger partial charge is 0.108 e. The van der Waals surface area contributed by atoms with Crippen LogP contribution in [0.15, 0.2) is 42.5 Å². The maximum atomic E-state index is 6.04. The van der Waals surface area contributed by atoms with Gasteiger partial charge < -0.3 is 0 Å². The SMILES string of the molecule is CC1=c2cccc(C)c2=[C-]C1(C)C(Cl)Cl.Cl.Cl.[Zr].c1cc2ccc1-2. The van der Waals surface area contributed by atoms with Crippen molar-refractivity contribution < 1.29 is 26.2 Å². The minimum Gasteiger partial charge on any atom is -0.188 e. The first-order valence-corrected chi connectivity index (χ1v) is 7.91. The number of alkyl halides is 2. The number of fused-ring (bicyclic) bond motifs is 2. The van der Waals surface area contributed by atoms with Crippen LogP contribution in [0.5, 0.6) is 0 Å². The molecule has 128 valence electrons. The molecule has 0 radical (unpaired) electrons. The molecule has 0 spiro atoms. The van der Waals surface area contributed by atoms with Crippen LogP contribution in [0, 0.1) is 12.3 Å². The van der Waals surface area contributed by atoms with Crippen LogP contribution >= 0.6 is 48.0 Å². The van der Waals surface area contributed by atoms with Crippen LogP contribution in [0.1, 0.15) is 19.4 Å². The Kier molecular flexibility index (Phi) is 9.33. The van der Waals surface area contributed by atoms with Crippen molar-refractivity contribution in [2.45, 2.75) is 25.6 Å². The summed E-state index contributed by atoms with van der Waals surface area (Å²) in [5.74, 6) is 0. The Morgan fingerprint density at radius 3 is 1.75 bits per heavy atom. The Balaban J connectivity index is 0.000000498. The van der Waals surface area contributed by atoms with Gasteiger partial charge in [-0.1, -0.05) is 51.1 Å². The van der Waals surface area contributed by atoms with Crippen molar-refractivity contribution in [3.8, 4) is 11.1 Å². The zero-order chi connectivity index (χ0) is 15.2. The molecule has 1 aromatic rings. The average Bonchev–Trinajstić information content (AvgIpc) is 2.70. The van der Waals surface area contributed by atoms with Gasteiger partial charge in [0.05, 0.1) is 0 Å². The summed E-state index contributed by atoms with van der Waals surface area (Å²) in [5, 5.41) is 2.38. The third kappa shape index (κ3) is 4.13. The van der Waals surface area contributed by atoms with Crippen LogP contribution in [0.25, 0.3) is 22.8 Å². The number of halogens is 4. The fraction of sp³-hybridized carbons (Fsp3) is 0.263. The Bertz CT molecular complexity index is 791. The number of benzene rings is 2. The summed E-state index contributed by atoms with van der Waals surface area (Å²) in [7, 11) is 0. The van der Waals surface area contributed by atoms with Crippen molar-refractivity contribution in [1.29, 1.82) is 0 Å². The van der Waals surface area contributed by atoms with E-state index < -0.39 is 4.84 Å². The first kappa shape index (κ1) is 24.2. The van der Waals surface area contributed by atoms with Crippen molar-refractivity contribution in [2.24, 2.45) is 5.41 Å². The summed E-state index contributed by atoms with van der Waals surface area (Å²) in [6.07, 6.45) is 3.43. The van der Waals surface area contributed by atoms with Gasteiger partial charge in [0, 0.05) is 26.2 Å². The third-order valence-electron chi connectivity index (χ3n) is 4.50. The summed E-state index contributed by atoms with van der Waals surface area (Å²) in [6, 6.07) is 14.7. The molecule has 3 aliphatic carbocycles. The molecule has 0 bridgehead atoms. The second-order valence-corrected chi connectivity index (χ2v) is 6.92. The Hall–Kier alpha value is 0.223. The summed E-state index contributed by atoms with van der Waals surface area (Å²) < 4.78 is 0. The zero-order valence-electron chi connectivity index (χ0n) is 13.7. The number of rotatable bonds is 1. The Morgan fingerprint density at radius 1 is 0.917 bits per heavy atom. The second-order valence-electron chi connectivity index (χ2n) is 5.83. The minimum atomic E-state index is -0.454. The largest absolute Gasteiger partial charge is 0.188 e. The van der Waals surface area contributed by atoms with Crippen molar-refractivity contribution in [1.82, 2.24) is 0 Å². The maximum absolute atomic E-state index is 6.04. The van der Waals surface area contributed by atoms with Gasteiger partial charge in [-0.3, -0.25) is 0 Å². The van der Waals surface area contributed by atoms with Crippen molar-refractivity contribution in [2.75, 3.05) is 0 Å². The Labute approximate surface area is 185 Å². The van der Waals surface area contributed by atoms with Crippen LogP contribution in [0.3, 0.4) is 0 Å². The molecule has 5 heteroatoms. The summed E-state index contributed by atoms with van der Waals surface area (Å²) >= 11 is 12.1. The fourth-order valence-electron chi connectivity index (χ4n) is 2.66. The summed E-state index contributed by atoms with van der Waals surface area (Å²) in [5.41, 5.74) is 4.93. The first-order chi connectivity index (χ1) is 9.93. The van der Waals surface area contributed by atoms with Gasteiger partial charge >= 0.3 is 0 Å². The molecule has 24 heavy (non-hydrogen) atoms. The first-order valence-electron chi connectivity index (χ1n) is 7.04. The van der Waals surface area contributed by atoms with E-state index in [1.54, 1.807) is 0 Å². The number of hydrogen-bond donors (Lipinski definition) is 0. The van der Waals surface area contributed by atoms with Crippen molar-refractivity contribution in [3.05, 3.63) is 58.5 Å². The molecule has 0 aliphatic heterocycles. The molecular weight excluding hydrogens is 461 g/mol. The van der Waals surface area contributed by atoms with E-state index in [0.29, 0.717) is 0 Å². The zero-order valence-corrected chi connectivity index (χ0v) is 19.3. The molecule has 0 fully saturated rings. The van der Waals surface area contributed by atoms with Crippen LogP contribution in [0.2, 0.25) is 0 Å². The van der Waals surface area contributed by atoms with Gasteiger partial charge in [0.15, 0.2) is 0 Å². The van der Waals surface area contributed by atoms with Crippen molar-refractivity contribution in [3.63, 3.8) is 0 Å². The molecule has 1 aromatic carbocycles. The average molecular weight is 480 g/mol. The van der Waals surface area contributed by atoms with Crippen LogP contribution < -0.4 is 10.4 Å². The normalized spacial score (nSPS) is 18.0. The van der Waals surface area contributed by atoms with Gasteiger partial charge in [-0.25, -0.2) is 0 Å². The van der Waals surface area contributed by atoms with E-state index in [4.69, 9.17) is 23.2 Å². The number of hydrogen-bond acceptors (Lipinski definition) is 0. The molecule has 0 heterocycles. The van der Waals surface area contributed by atoms with Gasteiger partial charge in [-0.05, 0) is 16.5 Å². The minimum absolute atomic E-state index is 0. The standard InChI is InChI=1S/C13H13Cl2.C6H4.2ClH.Zr/c1-8-5-4-6-10-9(2)13(3,12(14)15)7-11(8)10;1-2-6-4-3-5(1)6;;;/h4-6,12H,1-3H3;1-4H;2*1H;/q-1;;;;. The molecule has 0 saturated heterocycles. The van der Waals surface area contributed by atoms with Gasteiger partial charge in [0.1, 0.15) is 4.84 Å². The van der Waals surface area contributed by atoms with E-state index in [1.165, 1.54) is 27.5 Å². The molecule has 1 atom stereocenters. The van der Waals surface area contributed by atoms with Gasteiger partial charge in [0.25, 0.3) is 0 Å². The predicted octanol–water partition coefficient (Wildman–Crippen LogP) is 5.15. The molecule has 3 aliphatic rings. The van der Waals surface area contributed by atoms with Gasteiger partial charge in [0.2, 0.25) is 0 Å². The van der Waals surface area contributed by atoms with Gasteiger partial charge in [-0.15, -0.1) is 70.9 Å². The molecule has 0 nitrogen and oxygen atoms in total. The maximum Gasteiger partial charge on any atom is 0.108 e. The summed E-state index contributed by atoms with van der Waals surface area (Å²) in [6.45, 7) is 6.20. The van der Waals surface area contributed by atoms with E-state index in [9.17, 15) is 0 Å². The van der Waals surface area contributed by atoms with E-state index in [-0.39, 0.29) is 56.4 Å².